The second-order valence-corrected chi connectivity index (χ2v) is 3.88. The van der Waals surface area contributed by atoms with Crippen LogP contribution in [0.1, 0.15) is 0 Å². The molecule has 0 saturated carbocycles. The predicted octanol–water partition coefficient (Wildman–Crippen LogP) is -1.68. The van der Waals surface area contributed by atoms with Crippen LogP contribution in [0.5, 0.6) is 0 Å². The fourth-order valence-corrected chi connectivity index (χ4v) is 0. The first-order chi connectivity index (χ1) is 2.94. The van der Waals surface area contributed by atoms with Crippen molar-refractivity contribution >= 4 is 19.3 Å². The van der Waals surface area contributed by atoms with Crippen molar-refractivity contribution in [2.75, 3.05) is 0 Å². The van der Waals surface area contributed by atoms with E-state index in [0.717, 1.165) is 0 Å². The smallest absolute Gasteiger partial charge is 0.761 e. The normalized spacial score (nSPS) is 14.2. The van der Waals surface area contributed by atoms with E-state index in [1.807, 2.05) is 0 Å². The van der Waals surface area contributed by atoms with Gasteiger partial charge in [-0.15, -0.1) is 0 Å². The van der Waals surface area contributed by atoms with Gasteiger partial charge in [0, 0.05) is 0 Å². The minimum Gasteiger partial charge on any atom is -0.761 e. The molecule has 0 aliphatic heterocycles. The summed E-state index contributed by atoms with van der Waals surface area (Å²) in [5.41, 5.74) is 0. The minimum atomic E-state index is -5.07. The topological polar surface area (TPSA) is 97.3 Å². The van der Waals surface area contributed by atoms with Crippen molar-refractivity contribution in [3.8, 4) is 0 Å². The van der Waals surface area contributed by atoms with Crippen LogP contribution >= 0.6 is 0 Å². The molecule has 53 valence electrons. The van der Waals surface area contributed by atoms with Crippen molar-refractivity contribution < 1.29 is 44.1 Å². The first-order valence-corrected chi connectivity index (χ1v) is 4.00. The van der Waals surface area contributed by atoms with E-state index in [0.29, 0.717) is 0 Å². The van der Waals surface area contributed by atoms with Crippen LogP contribution in [0.25, 0.3) is 0 Å². The first kappa shape index (κ1) is 11.5. The first-order valence-electron chi connectivity index (χ1n) is 1.00. The second kappa shape index (κ2) is 3.72. The zero-order chi connectivity index (χ0) is 6.08. The van der Waals surface area contributed by atoms with Gasteiger partial charge < -0.3 is 9.11 Å². The Morgan fingerprint density at radius 3 is 1.50 bits per heavy atom. The fraction of sp³-hybridized carbons (Fsp3) is 0. The predicted molar refractivity (Wildman–Crippen MR) is 18.6 cm³/mol. The molecule has 0 heterocycles. The summed E-state index contributed by atoms with van der Waals surface area (Å²) >= 11 is 0. The molecular weight excluding hydrogens is 252 g/mol. The number of hydrogen-bond donors (Lipinski definition) is 0. The molecule has 0 aliphatic carbocycles. The van der Waals surface area contributed by atoms with E-state index in [1.165, 1.54) is 0 Å². The van der Waals surface area contributed by atoms with E-state index in [-0.39, 0.29) is 22.4 Å². The van der Waals surface area contributed by atoms with Crippen LogP contribution in [-0.4, -0.2) is 21.7 Å². The molecule has 0 fully saturated rings. The Morgan fingerprint density at radius 1 is 1.38 bits per heavy atom. The standard InChI is InChI=1S/Ag.H2O5S2/c;1-6(2)7(3,4)5/h;(H,1,2)(H,3,4,5)/q+2;/p-2. The summed E-state index contributed by atoms with van der Waals surface area (Å²) in [7, 11) is -8.59. The molecule has 0 spiro atoms. The Balaban J connectivity index is 0. The Labute approximate surface area is 63.4 Å². The molecule has 1 unspecified atom stereocenters. The molecule has 5 nitrogen and oxygen atoms in total. The maximum Gasteiger partial charge on any atom is 2.00 e. The zero-order valence-electron chi connectivity index (χ0n) is 3.16. The third-order valence-electron chi connectivity index (χ3n) is 0.167. The average molecular weight is 252 g/mol. The Morgan fingerprint density at radius 2 is 1.50 bits per heavy atom. The molecule has 0 rings (SSSR count). The van der Waals surface area contributed by atoms with Gasteiger partial charge in [-0.3, -0.25) is 4.21 Å². The van der Waals surface area contributed by atoms with E-state index in [1.54, 1.807) is 0 Å². The third-order valence-corrected chi connectivity index (χ3v) is 1.50. The van der Waals surface area contributed by atoms with Crippen molar-refractivity contribution in [2.24, 2.45) is 0 Å². The summed E-state index contributed by atoms with van der Waals surface area (Å²) in [6, 6.07) is 0. The van der Waals surface area contributed by atoms with Gasteiger partial charge in [-0.1, -0.05) is 0 Å². The monoisotopic (exact) mass is 251 g/mol. The maximum atomic E-state index is 9.16. The van der Waals surface area contributed by atoms with E-state index < -0.39 is 19.3 Å². The van der Waals surface area contributed by atoms with Gasteiger partial charge in [0.15, 0.2) is 9.15 Å². The van der Waals surface area contributed by atoms with E-state index in [2.05, 4.69) is 0 Å². The Hall–Kier alpha value is 0.760. The third kappa shape index (κ3) is 4.91. The summed E-state index contributed by atoms with van der Waals surface area (Å²) in [6.45, 7) is 0. The van der Waals surface area contributed by atoms with Gasteiger partial charge >= 0.3 is 22.4 Å². The molecule has 0 aliphatic rings. The van der Waals surface area contributed by atoms with Crippen LogP contribution in [-0.2, 0) is 41.6 Å². The molecule has 8 heteroatoms. The molecule has 0 bridgehead atoms. The van der Waals surface area contributed by atoms with Crippen molar-refractivity contribution in [3.05, 3.63) is 0 Å². The summed E-state index contributed by atoms with van der Waals surface area (Å²) < 4.78 is 45.7. The van der Waals surface area contributed by atoms with Gasteiger partial charge in [0.05, 0.1) is 10.1 Å². The van der Waals surface area contributed by atoms with Crippen LogP contribution in [0.3, 0.4) is 0 Å². The second-order valence-electron chi connectivity index (χ2n) is 0.612. The van der Waals surface area contributed by atoms with Crippen molar-refractivity contribution in [2.45, 2.75) is 0 Å². The molecular formula is AgO5S2. The molecule has 0 saturated heterocycles. The van der Waals surface area contributed by atoms with Crippen LogP contribution in [0.2, 0.25) is 0 Å². The largest absolute Gasteiger partial charge is 2.00 e. The SMILES string of the molecule is O=S([O-])S(=O)(=O)[O-].[Ag+2]. The van der Waals surface area contributed by atoms with Crippen LogP contribution < -0.4 is 0 Å². The Bertz CT molecular complexity index is 165. The van der Waals surface area contributed by atoms with Gasteiger partial charge in [-0.2, -0.15) is 0 Å². The minimum absolute atomic E-state index is 0. The van der Waals surface area contributed by atoms with Crippen molar-refractivity contribution in [1.29, 1.82) is 0 Å². The molecule has 1 radical (unpaired) electrons. The van der Waals surface area contributed by atoms with Gasteiger partial charge in [-0.25, -0.2) is 8.42 Å². The van der Waals surface area contributed by atoms with E-state index >= 15 is 0 Å². The molecule has 8 heavy (non-hydrogen) atoms. The van der Waals surface area contributed by atoms with Crippen LogP contribution in [0.15, 0.2) is 0 Å². The maximum absolute atomic E-state index is 9.16. The van der Waals surface area contributed by atoms with Crippen LogP contribution in [0.4, 0.5) is 0 Å². The zero-order valence-corrected chi connectivity index (χ0v) is 6.27. The summed E-state index contributed by atoms with van der Waals surface area (Å²) in [4.78, 5) is 0. The Kier molecular flexibility index (Phi) is 5.37. The quantitative estimate of drug-likeness (QED) is 0.240. The van der Waals surface area contributed by atoms with Gasteiger partial charge in [0.2, 0.25) is 0 Å². The molecule has 0 aromatic carbocycles. The average Bonchev–Trinajstić information content (AvgIpc) is 1.31. The summed E-state index contributed by atoms with van der Waals surface area (Å²) in [5, 5.41) is 0. The number of rotatable bonds is 1. The number of hydrogen-bond acceptors (Lipinski definition) is 5. The van der Waals surface area contributed by atoms with Crippen molar-refractivity contribution in [1.82, 2.24) is 0 Å². The van der Waals surface area contributed by atoms with Gasteiger partial charge in [0.1, 0.15) is 0 Å². The van der Waals surface area contributed by atoms with Gasteiger partial charge in [-0.05, 0) is 0 Å². The molecule has 0 aromatic heterocycles. The van der Waals surface area contributed by atoms with Gasteiger partial charge in [0.25, 0.3) is 0 Å². The summed E-state index contributed by atoms with van der Waals surface area (Å²) in [5.74, 6) is 0. The summed E-state index contributed by atoms with van der Waals surface area (Å²) in [6.07, 6.45) is 0. The van der Waals surface area contributed by atoms with E-state index in [4.69, 9.17) is 21.7 Å². The van der Waals surface area contributed by atoms with Crippen LogP contribution in [0, 0.1) is 0 Å². The van der Waals surface area contributed by atoms with E-state index in [9.17, 15) is 0 Å². The molecule has 0 aromatic rings. The molecule has 0 amide bonds. The molecule has 0 N–H and O–H groups in total. The van der Waals surface area contributed by atoms with Crippen molar-refractivity contribution in [3.63, 3.8) is 0 Å². The molecule has 1 atom stereocenters. The fourth-order valence-electron chi connectivity index (χ4n) is 0.